The van der Waals surface area contributed by atoms with Crippen molar-refractivity contribution in [2.45, 2.75) is 6.92 Å². The summed E-state index contributed by atoms with van der Waals surface area (Å²) in [4.78, 5) is 9.43. The fourth-order valence-electron chi connectivity index (χ4n) is 0.206. The highest BCUT2D eigenvalue weighted by atomic mass is 16.1. The van der Waals surface area contributed by atoms with Crippen LogP contribution in [0, 0.1) is 0 Å². The van der Waals surface area contributed by atoms with Gasteiger partial charge >= 0.3 is 0 Å². The van der Waals surface area contributed by atoms with Gasteiger partial charge in [-0.05, 0) is 13.2 Å². The Hall–Kier alpha value is -0.850. The second-order valence-corrected chi connectivity index (χ2v) is 1.00. The molecule has 0 bridgehead atoms. The van der Waals surface area contributed by atoms with Gasteiger partial charge in [-0.3, -0.25) is 0 Å². The second-order valence-electron chi connectivity index (χ2n) is 1.00. The largest absolute Gasteiger partial charge is 0.419 e. The molecule has 0 saturated heterocycles. The average molecular weight is 95.1 g/mol. The van der Waals surface area contributed by atoms with E-state index in [1.54, 1.807) is 18.4 Å². The van der Waals surface area contributed by atoms with Gasteiger partial charge in [0.05, 0.1) is 0 Å². The number of carbonyl (C=O) groups excluding carboxylic acids is 1. The first-order valence-corrected chi connectivity index (χ1v) is 2.07. The van der Waals surface area contributed by atoms with Crippen LogP contribution in [0.2, 0.25) is 0 Å². The first kappa shape index (κ1) is 6.15. The Morgan fingerprint density at radius 1 is 1.43 bits per heavy atom. The van der Waals surface area contributed by atoms with Crippen LogP contribution in [0.3, 0.4) is 0 Å². The van der Waals surface area contributed by atoms with Crippen LogP contribution >= 0.6 is 0 Å². The Bertz CT molecular complexity index is 90.4. The zero-order chi connectivity index (χ0) is 5.54. The molecule has 0 aromatic carbocycles. The molecule has 1 heteroatoms. The van der Waals surface area contributed by atoms with Crippen LogP contribution in [-0.2, 0) is 4.79 Å². The SMILES string of the molecule is C/C=C/C=C[C-]=O. The standard InChI is InChI=1S/C6H7O/c1-2-3-4-5-6-7/h2-5H,1H3/q-1/b3-2+,5-4?. The van der Waals surface area contributed by atoms with Crippen molar-refractivity contribution in [1.29, 1.82) is 0 Å². The van der Waals surface area contributed by atoms with E-state index in [9.17, 15) is 4.79 Å². The van der Waals surface area contributed by atoms with Gasteiger partial charge in [-0.1, -0.05) is 0 Å². The zero-order valence-corrected chi connectivity index (χ0v) is 4.22. The predicted molar refractivity (Wildman–Crippen MR) is 29.6 cm³/mol. The van der Waals surface area contributed by atoms with E-state index in [-0.39, 0.29) is 0 Å². The molecule has 0 aliphatic rings. The summed E-state index contributed by atoms with van der Waals surface area (Å²) in [5.74, 6) is 0. The molecule has 0 saturated carbocycles. The van der Waals surface area contributed by atoms with Crippen LogP contribution in [0.5, 0.6) is 0 Å². The van der Waals surface area contributed by atoms with Gasteiger partial charge in [0.1, 0.15) is 0 Å². The molecule has 38 valence electrons. The van der Waals surface area contributed by atoms with Crippen LogP contribution in [0.4, 0.5) is 0 Å². The van der Waals surface area contributed by atoms with Crippen molar-refractivity contribution in [1.82, 2.24) is 0 Å². The Kier molecular flexibility index (Phi) is 4.52. The van der Waals surface area contributed by atoms with E-state index in [1.807, 2.05) is 13.0 Å². The Balaban J connectivity index is 3.27. The summed E-state index contributed by atoms with van der Waals surface area (Å²) in [5, 5.41) is 0. The van der Waals surface area contributed by atoms with E-state index >= 15 is 0 Å². The van der Waals surface area contributed by atoms with Gasteiger partial charge < -0.3 is 4.79 Å². The fourth-order valence-corrected chi connectivity index (χ4v) is 0.206. The highest BCUT2D eigenvalue weighted by Crippen LogP contribution is 1.70. The van der Waals surface area contributed by atoms with E-state index in [0.717, 1.165) is 0 Å². The number of rotatable bonds is 2. The highest BCUT2D eigenvalue weighted by Gasteiger charge is 1.44. The van der Waals surface area contributed by atoms with Gasteiger partial charge in [0.15, 0.2) is 0 Å². The third-order valence-electron chi connectivity index (χ3n) is 0.468. The summed E-state index contributed by atoms with van der Waals surface area (Å²) in [5.41, 5.74) is 0. The minimum atomic E-state index is 1.32. The molecular formula is C6H7O-. The maximum absolute atomic E-state index is 9.43. The van der Waals surface area contributed by atoms with Crippen molar-refractivity contribution in [3.8, 4) is 0 Å². The average Bonchev–Trinajstić information content (AvgIpc) is 1.69. The monoisotopic (exact) mass is 95.1 g/mol. The molecule has 0 heterocycles. The lowest BCUT2D eigenvalue weighted by molar-refractivity contribution is 0.564. The Labute approximate surface area is 43.3 Å². The van der Waals surface area contributed by atoms with Gasteiger partial charge in [-0.15, -0.1) is 12.2 Å². The number of hydrogen-bond acceptors (Lipinski definition) is 1. The predicted octanol–water partition coefficient (Wildman–Crippen LogP) is 1.23. The summed E-state index contributed by atoms with van der Waals surface area (Å²) in [6, 6.07) is 0. The summed E-state index contributed by atoms with van der Waals surface area (Å²) < 4.78 is 0. The lowest BCUT2D eigenvalue weighted by Gasteiger charge is -1.74. The molecule has 0 aliphatic carbocycles. The van der Waals surface area contributed by atoms with Crippen molar-refractivity contribution in [2.24, 2.45) is 0 Å². The maximum atomic E-state index is 9.43. The number of allylic oxidation sites excluding steroid dienone is 4. The summed E-state index contributed by atoms with van der Waals surface area (Å²) >= 11 is 0. The molecule has 7 heavy (non-hydrogen) atoms. The molecule has 0 aromatic heterocycles. The Morgan fingerprint density at radius 3 is 2.57 bits per heavy atom. The molecule has 0 fully saturated rings. The first-order chi connectivity index (χ1) is 3.41. The summed E-state index contributed by atoms with van der Waals surface area (Å²) in [7, 11) is 0. The second kappa shape index (κ2) is 5.15. The molecule has 0 aliphatic heterocycles. The highest BCUT2D eigenvalue weighted by molar-refractivity contribution is 5.66. The van der Waals surface area contributed by atoms with Crippen molar-refractivity contribution in [3.63, 3.8) is 0 Å². The van der Waals surface area contributed by atoms with Crippen LogP contribution in [0.15, 0.2) is 24.3 Å². The minimum absolute atomic E-state index is 1.32. The van der Waals surface area contributed by atoms with Crippen LogP contribution in [-0.4, -0.2) is 6.29 Å². The molecule has 0 spiro atoms. The van der Waals surface area contributed by atoms with E-state index in [2.05, 4.69) is 0 Å². The summed E-state index contributed by atoms with van der Waals surface area (Å²) in [6.45, 7) is 1.88. The van der Waals surface area contributed by atoms with E-state index < -0.39 is 0 Å². The topological polar surface area (TPSA) is 17.1 Å². The van der Waals surface area contributed by atoms with Crippen molar-refractivity contribution >= 4 is 6.29 Å². The quantitative estimate of drug-likeness (QED) is 0.286. The minimum Gasteiger partial charge on any atom is -0.419 e. The van der Waals surface area contributed by atoms with Gasteiger partial charge in [-0.2, -0.15) is 6.08 Å². The molecule has 0 atom stereocenters. The first-order valence-electron chi connectivity index (χ1n) is 2.07. The number of hydrogen-bond donors (Lipinski definition) is 0. The van der Waals surface area contributed by atoms with Crippen LogP contribution < -0.4 is 0 Å². The van der Waals surface area contributed by atoms with Crippen molar-refractivity contribution < 1.29 is 4.79 Å². The third kappa shape index (κ3) is 5.15. The lowest BCUT2D eigenvalue weighted by Crippen LogP contribution is -1.53. The van der Waals surface area contributed by atoms with Gasteiger partial charge in [-0.25, -0.2) is 6.08 Å². The van der Waals surface area contributed by atoms with Gasteiger partial charge in [0.25, 0.3) is 0 Å². The summed E-state index contributed by atoms with van der Waals surface area (Å²) in [6.07, 6.45) is 8.18. The third-order valence-corrected chi connectivity index (χ3v) is 0.468. The molecule has 0 amide bonds. The molecule has 0 radical (unpaired) electrons. The van der Waals surface area contributed by atoms with Crippen LogP contribution in [0.25, 0.3) is 0 Å². The van der Waals surface area contributed by atoms with Crippen molar-refractivity contribution in [3.05, 3.63) is 24.3 Å². The normalized spacial score (nSPS) is 11.0. The van der Waals surface area contributed by atoms with E-state index in [0.29, 0.717) is 0 Å². The Morgan fingerprint density at radius 2 is 2.14 bits per heavy atom. The molecule has 0 aromatic rings. The smallest absolute Gasteiger partial charge is 0.0142 e. The molecule has 0 N–H and O–H groups in total. The van der Waals surface area contributed by atoms with E-state index in [1.165, 1.54) is 6.08 Å². The fraction of sp³-hybridized carbons (Fsp3) is 0.167. The van der Waals surface area contributed by atoms with Crippen LogP contribution in [0.1, 0.15) is 6.92 Å². The maximum Gasteiger partial charge on any atom is -0.0142 e. The van der Waals surface area contributed by atoms with E-state index in [4.69, 9.17) is 0 Å². The zero-order valence-electron chi connectivity index (χ0n) is 4.22. The van der Waals surface area contributed by atoms with Gasteiger partial charge in [0, 0.05) is 0 Å². The lowest BCUT2D eigenvalue weighted by atomic mass is 10.5. The molecule has 0 rings (SSSR count). The molecule has 0 unspecified atom stereocenters. The molecule has 1 nitrogen and oxygen atoms in total. The van der Waals surface area contributed by atoms with Gasteiger partial charge in [0.2, 0.25) is 0 Å². The molecular weight excluding hydrogens is 88.1 g/mol. The van der Waals surface area contributed by atoms with Crippen molar-refractivity contribution in [2.75, 3.05) is 0 Å².